The number of halogens is 3. The van der Waals surface area contributed by atoms with Crippen LogP contribution in [0.4, 0.5) is 13.2 Å². The number of ketones is 1. The largest absolute Gasteiger partial charge is 0.472 e. The van der Waals surface area contributed by atoms with Crippen molar-refractivity contribution in [3.63, 3.8) is 0 Å². The fourth-order valence-electron chi connectivity index (χ4n) is 1.75. The third-order valence-corrected chi connectivity index (χ3v) is 2.74. The Hall–Kier alpha value is -2.55. The smallest absolute Gasteiger partial charge is 0.416 e. The predicted octanol–water partition coefficient (Wildman–Crippen LogP) is 3.79. The number of carbonyl (C=O) groups excluding carboxylic acids is 1. The molecule has 2 aromatic rings. The molecule has 1 unspecified atom stereocenters. The molecule has 102 valence electrons. The van der Waals surface area contributed by atoms with Gasteiger partial charge in [0.05, 0.1) is 23.5 Å². The Kier molecular flexibility index (Phi) is 3.61. The van der Waals surface area contributed by atoms with Crippen molar-refractivity contribution in [3.05, 3.63) is 59.5 Å². The quantitative estimate of drug-likeness (QED) is 0.803. The monoisotopic (exact) mass is 279 g/mol. The molecule has 1 heterocycles. The first kappa shape index (κ1) is 13.9. The molecule has 2 rings (SSSR count). The summed E-state index contributed by atoms with van der Waals surface area (Å²) in [5, 5.41) is 9.06. The summed E-state index contributed by atoms with van der Waals surface area (Å²) >= 11 is 0. The van der Waals surface area contributed by atoms with Crippen LogP contribution in [0.15, 0.2) is 47.3 Å². The second-order valence-corrected chi connectivity index (χ2v) is 4.06. The van der Waals surface area contributed by atoms with E-state index in [2.05, 4.69) is 0 Å². The number of alkyl halides is 3. The summed E-state index contributed by atoms with van der Waals surface area (Å²) in [7, 11) is 0. The standard InChI is InChI=1S/C14H8F3NO2/c15-14(16,17)11-3-1-2-9(6-11)12(7-18)13(19)10-4-5-20-8-10/h1-6,8,12H. The van der Waals surface area contributed by atoms with Gasteiger partial charge in [0.1, 0.15) is 12.2 Å². The maximum atomic E-state index is 12.6. The second-order valence-electron chi connectivity index (χ2n) is 4.06. The summed E-state index contributed by atoms with van der Waals surface area (Å²) in [6, 6.07) is 7.28. The molecule has 0 aliphatic heterocycles. The number of nitriles is 1. The highest BCUT2D eigenvalue weighted by molar-refractivity contribution is 6.02. The molecule has 0 radical (unpaired) electrons. The molecule has 1 atom stereocenters. The van der Waals surface area contributed by atoms with Crippen LogP contribution in [0, 0.1) is 11.3 Å². The van der Waals surface area contributed by atoms with E-state index < -0.39 is 23.4 Å². The maximum absolute atomic E-state index is 12.6. The first-order chi connectivity index (χ1) is 9.43. The molecule has 0 saturated carbocycles. The Morgan fingerprint density at radius 2 is 2.05 bits per heavy atom. The van der Waals surface area contributed by atoms with Gasteiger partial charge in [0.2, 0.25) is 0 Å². The summed E-state index contributed by atoms with van der Waals surface area (Å²) < 4.78 is 42.6. The molecule has 0 fully saturated rings. The van der Waals surface area contributed by atoms with Crippen LogP contribution < -0.4 is 0 Å². The van der Waals surface area contributed by atoms with Gasteiger partial charge in [-0.05, 0) is 17.7 Å². The van der Waals surface area contributed by atoms with Crippen LogP contribution in [-0.4, -0.2) is 5.78 Å². The molecule has 0 saturated heterocycles. The van der Waals surface area contributed by atoms with Crippen molar-refractivity contribution in [2.45, 2.75) is 12.1 Å². The third kappa shape index (κ3) is 2.72. The van der Waals surface area contributed by atoms with E-state index >= 15 is 0 Å². The number of Topliss-reactive ketones (excluding diaryl/α,β-unsaturated/α-hetero) is 1. The molecular formula is C14H8F3NO2. The highest BCUT2D eigenvalue weighted by atomic mass is 19.4. The number of furan rings is 1. The zero-order valence-electron chi connectivity index (χ0n) is 10.0. The zero-order chi connectivity index (χ0) is 14.8. The van der Waals surface area contributed by atoms with Crippen LogP contribution in [0.3, 0.4) is 0 Å². The Morgan fingerprint density at radius 3 is 2.60 bits per heavy atom. The zero-order valence-corrected chi connectivity index (χ0v) is 10.0. The molecule has 0 amide bonds. The lowest BCUT2D eigenvalue weighted by atomic mass is 9.92. The number of hydrogen-bond donors (Lipinski definition) is 0. The molecule has 0 N–H and O–H groups in total. The van der Waals surface area contributed by atoms with Crippen molar-refractivity contribution >= 4 is 5.78 Å². The molecule has 20 heavy (non-hydrogen) atoms. The van der Waals surface area contributed by atoms with Crippen molar-refractivity contribution in [2.24, 2.45) is 0 Å². The van der Waals surface area contributed by atoms with Gasteiger partial charge in [0.15, 0.2) is 5.78 Å². The van der Waals surface area contributed by atoms with E-state index in [-0.39, 0.29) is 11.1 Å². The topological polar surface area (TPSA) is 54.0 Å². The van der Waals surface area contributed by atoms with Gasteiger partial charge in [-0.15, -0.1) is 0 Å². The van der Waals surface area contributed by atoms with E-state index in [4.69, 9.17) is 9.68 Å². The number of nitrogens with zero attached hydrogens (tertiary/aromatic N) is 1. The molecule has 3 nitrogen and oxygen atoms in total. The van der Waals surface area contributed by atoms with Gasteiger partial charge in [0, 0.05) is 0 Å². The Bertz CT molecular complexity index is 654. The maximum Gasteiger partial charge on any atom is 0.416 e. The predicted molar refractivity (Wildman–Crippen MR) is 62.8 cm³/mol. The van der Waals surface area contributed by atoms with Crippen molar-refractivity contribution in [1.82, 2.24) is 0 Å². The molecule has 0 aliphatic carbocycles. The second kappa shape index (κ2) is 5.21. The summed E-state index contributed by atoms with van der Waals surface area (Å²) in [5.74, 6) is -1.89. The summed E-state index contributed by atoms with van der Waals surface area (Å²) in [6.45, 7) is 0. The Balaban J connectivity index is 2.39. The molecular weight excluding hydrogens is 271 g/mol. The minimum Gasteiger partial charge on any atom is -0.472 e. The number of rotatable bonds is 3. The van der Waals surface area contributed by atoms with Gasteiger partial charge in [-0.1, -0.05) is 18.2 Å². The van der Waals surface area contributed by atoms with E-state index in [9.17, 15) is 18.0 Å². The highest BCUT2D eigenvalue weighted by Crippen LogP contribution is 2.31. The van der Waals surface area contributed by atoms with E-state index in [0.717, 1.165) is 18.4 Å². The lowest BCUT2D eigenvalue weighted by molar-refractivity contribution is -0.137. The van der Waals surface area contributed by atoms with Crippen LogP contribution in [0.25, 0.3) is 0 Å². The Morgan fingerprint density at radius 1 is 1.30 bits per heavy atom. The van der Waals surface area contributed by atoms with Crippen molar-refractivity contribution in [2.75, 3.05) is 0 Å². The lowest BCUT2D eigenvalue weighted by Crippen LogP contribution is -2.12. The van der Waals surface area contributed by atoms with E-state index in [0.29, 0.717) is 0 Å². The number of hydrogen-bond acceptors (Lipinski definition) is 3. The Labute approximate surface area is 112 Å². The van der Waals surface area contributed by atoms with Crippen LogP contribution in [0.1, 0.15) is 27.4 Å². The first-order valence-electron chi connectivity index (χ1n) is 5.56. The minimum absolute atomic E-state index is 0.00789. The van der Waals surface area contributed by atoms with Crippen LogP contribution in [0.5, 0.6) is 0 Å². The van der Waals surface area contributed by atoms with Crippen molar-refractivity contribution in [1.29, 1.82) is 5.26 Å². The van der Waals surface area contributed by atoms with Crippen LogP contribution >= 0.6 is 0 Å². The van der Waals surface area contributed by atoms with E-state index in [1.807, 2.05) is 0 Å². The third-order valence-electron chi connectivity index (χ3n) is 2.74. The fourth-order valence-corrected chi connectivity index (χ4v) is 1.75. The minimum atomic E-state index is -4.52. The molecule has 1 aromatic carbocycles. The average molecular weight is 279 g/mol. The average Bonchev–Trinajstić information content (AvgIpc) is 2.93. The molecule has 1 aromatic heterocycles. The van der Waals surface area contributed by atoms with Crippen LogP contribution in [0.2, 0.25) is 0 Å². The van der Waals surface area contributed by atoms with Crippen molar-refractivity contribution in [3.8, 4) is 6.07 Å². The van der Waals surface area contributed by atoms with Gasteiger partial charge in [-0.3, -0.25) is 4.79 Å². The molecule has 0 bridgehead atoms. The van der Waals surface area contributed by atoms with Gasteiger partial charge in [-0.25, -0.2) is 0 Å². The fraction of sp³-hybridized carbons (Fsp3) is 0.143. The first-order valence-corrected chi connectivity index (χ1v) is 5.56. The van der Waals surface area contributed by atoms with Crippen molar-refractivity contribution < 1.29 is 22.4 Å². The SMILES string of the molecule is N#CC(C(=O)c1ccoc1)c1cccc(C(F)(F)F)c1. The number of carbonyl (C=O) groups is 1. The van der Waals surface area contributed by atoms with Gasteiger partial charge in [0.25, 0.3) is 0 Å². The van der Waals surface area contributed by atoms with Crippen LogP contribution in [-0.2, 0) is 6.18 Å². The summed E-state index contributed by atoms with van der Waals surface area (Å²) in [6.07, 6.45) is -2.11. The normalized spacial score (nSPS) is 12.7. The summed E-state index contributed by atoms with van der Waals surface area (Å²) in [4.78, 5) is 12.0. The van der Waals surface area contributed by atoms with Gasteiger partial charge >= 0.3 is 6.18 Å². The lowest BCUT2D eigenvalue weighted by Gasteiger charge is -2.11. The van der Waals surface area contributed by atoms with Gasteiger partial charge < -0.3 is 4.42 Å². The molecule has 0 aliphatic rings. The summed E-state index contributed by atoms with van der Waals surface area (Å²) in [5.41, 5.74) is -0.738. The van der Waals surface area contributed by atoms with E-state index in [1.165, 1.54) is 24.5 Å². The highest BCUT2D eigenvalue weighted by Gasteiger charge is 2.32. The molecule has 6 heteroatoms. The van der Waals surface area contributed by atoms with Gasteiger partial charge in [-0.2, -0.15) is 18.4 Å². The molecule has 0 spiro atoms. The number of benzene rings is 1. The van der Waals surface area contributed by atoms with E-state index in [1.54, 1.807) is 6.07 Å².